The number of amidine groups is 1. The van der Waals surface area contributed by atoms with Gasteiger partial charge in [0.1, 0.15) is 5.84 Å². The lowest BCUT2D eigenvalue weighted by Crippen LogP contribution is -2.14. The van der Waals surface area contributed by atoms with Crippen molar-refractivity contribution in [3.63, 3.8) is 0 Å². The van der Waals surface area contributed by atoms with E-state index < -0.39 is 0 Å². The summed E-state index contributed by atoms with van der Waals surface area (Å²) in [6.07, 6.45) is 4.23. The van der Waals surface area contributed by atoms with Crippen molar-refractivity contribution in [2.45, 2.75) is 13.0 Å². The Hall–Kier alpha value is -2.30. The third-order valence-corrected chi connectivity index (χ3v) is 2.47. The monoisotopic (exact) mass is 230 g/mol. The topological polar surface area (TPSA) is 76.4 Å². The molecule has 0 aliphatic heterocycles. The Morgan fingerprint density at radius 3 is 2.76 bits per heavy atom. The molecule has 0 saturated heterocycles. The second-order valence-corrected chi connectivity index (χ2v) is 3.70. The molecule has 5 nitrogen and oxygen atoms in total. The van der Waals surface area contributed by atoms with Crippen LogP contribution in [0.5, 0.6) is 0 Å². The fraction of sp³-hybridized carbons (Fsp3) is 0.167. The third-order valence-electron chi connectivity index (χ3n) is 2.47. The highest BCUT2D eigenvalue weighted by molar-refractivity contribution is 5.79. The van der Waals surface area contributed by atoms with Crippen LogP contribution in [0, 0.1) is 0 Å². The molecule has 0 saturated carbocycles. The van der Waals surface area contributed by atoms with Gasteiger partial charge in [0.25, 0.3) is 0 Å². The van der Waals surface area contributed by atoms with E-state index in [0.29, 0.717) is 13.0 Å². The lowest BCUT2D eigenvalue weighted by molar-refractivity contribution is 0.316. The van der Waals surface area contributed by atoms with Crippen LogP contribution in [0.15, 0.2) is 47.9 Å². The molecule has 0 unspecified atom stereocenters. The van der Waals surface area contributed by atoms with E-state index in [1.165, 1.54) is 0 Å². The van der Waals surface area contributed by atoms with Crippen LogP contribution >= 0.6 is 0 Å². The Bertz CT molecular complexity index is 504. The molecule has 0 amide bonds. The van der Waals surface area contributed by atoms with E-state index in [1.54, 1.807) is 4.68 Å². The maximum Gasteiger partial charge on any atom is 0.140 e. The number of rotatable bonds is 4. The standard InChI is InChI=1S/C12H14N4O/c13-12(15-17)6-7-16-9-11(8-14-16)10-4-2-1-3-5-10/h1-5,8-9,17H,6-7H2,(H2,13,15). The van der Waals surface area contributed by atoms with Gasteiger partial charge in [-0.1, -0.05) is 35.5 Å². The molecule has 0 aliphatic carbocycles. The summed E-state index contributed by atoms with van der Waals surface area (Å²) in [5.74, 6) is 0.210. The van der Waals surface area contributed by atoms with E-state index in [9.17, 15) is 0 Å². The highest BCUT2D eigenvalue weighted by Crippen LogP contribution is 2.17. The van der Waals surface area contributed by atoms with Gasteiger partial charge in [-0.2, -0.15) is 5.10 Å². The van der Waals surface area contributed by atoms with E-state index in [1.807, 2.05) is 42.7 Å². The largest absolute Gasteiger partial charge is 0.409 e. The Balaban J connectivity index is 2.06. The van der Waals surface area contributed by atoms with E-state index in [2.05, 4.69) is 10.3 Å². The molecule has 0 radical (unpaired) electrons. The molecule has 5 heteroatoms. The summed E-state index contributed by atoms with van der Waals surface area (Å²) in [4.78, 5) is 0. The number of aromatic nitrogens is 2. The van der Waals surface area contributed by atoms with Gasteiger partial charge < -0.3 is 10.9 Å². The zero-order valence-electron chi connectivity index (χ0n) is 9.32. The first-order valence-electron chi connectivity index (χ1n) is 5.34. The highest BCUT2D eigenvalue weighted by atomic mass is 16.4. The molecule has 1 heterocycles. The first-order valence-corrected chi connectivity index (χ1v) is 5.34. The van der Waals surface area contributed by atoms with Gasteiger partial charge in [0.05, 0.1) is 6.20 Å². The van der Waals surface area contributed by atoms with Crippen LogP contribution in [0.1, 0.15) is 6.42 Å². The van der Waals surface area contributed by atoms with Crippen LogP contribution in [0.4, 0.5) is 0 Å². The average Bonchev–Trinajstić information content (AvgIpc) is 2.86. The second kappa shape index (κ2) is 5.16. The molecule has 1 aromatic carbocycles. The number of nitrogens with zero attached hydrogens (tertiary/aromatic N) is 3. The zero-order valence-corrected chi connectivity index (χ0v) is 9.32. The minimum absolute atomic E-state index is 0.210. The number of hydrogen-bond donors (Lipinski definition) is 2. The van der Waals surface area contributed by atoms with Crippen LogP contribution in [0.2, 0.25) is 0 Å². The molecule has 0 atom stereocenters. The quantitative estimate of drug-likeness (QED) is 0.363. The van der Waals surface area contributed by atoms with Crippen molar-refractivity contribution < 1.29 is 5.21 Å². The molecule has 2 aromatic rings. The molecule has 2 rings (SSSR count). The van der Waals surface area contributed by atoms with E-state index >= 15 is 0 Å². The van der Waals surface area contributed by atoms with Crippen molar-refractivity contribution in [3.05, 3.63) is 42.7 Å². The lowest BCUT2D eigenvalue weighted by atomic mass is 10.1. The summed E-state index contributed by atoms with van der Waals surface area (Å²) < 4.78 is 1.78. The first-order chi connectivity index (χ1) is 8.29. The van der Waals surface area contributed by atoms with Gasteiger partial charge in [0.2, 0.25) is 0 Å². The minimum atomic E-state index is 0.210. The van der Waals surface area contributed by atoms with Gasteiger partial charge in [0, 0.05) is 24.7 Å². The van der Waals surface area contributed by atoms with Crippen molar-refractivity contribution in [1.82, 2.24) is 9.78 Å². The van der Waals surface area contributed by atoms with Crippen molar-refractivity contribution in [2.75, 3.05) is 0 Å². The van der Waals surface area contributed by atoms with Gasteiger partial charge in [-0.05, 0) is 5.56 Å². The number of benzene rings is 1. The Kier molecular flexibility index (Phi) is 3.40. The van der Waals surface area contributed by atoms with Crippen LogP contribution in [-0.2, 0) is 6.54 Å². The molecule has 0 aliphatic rings. The molecule has 0 bridgehead atoms. The molecule has 17 heavy (non-hydrogen) atoms. The van der Waals surface area contributed by atoms with Crippen LogP contribution < -0.4 is 5.73 Å². The smallest absolute Gasteiger partial charge is 0.140 e. The summed E-state index contributed by atoms with van der Waals surface area (Å²) in [6, 6.07) is 10.0. The maximum absolute atomic E-state index is 8.43. The zero-order chi connectivity index (χ0) is 12.1. The van der Waals surface area contributed by atoms with Crippen LogP contribution in [-0.4, -0.2) is 20.8 Å². The summed E-state index contributed by atoms with van der Waals surface area (Å²) >= 11 is 0. The second-order valence-electron chi connectivity index (χ2n) is 3.70. The Morgan fingerprint density at radius 2 is 2.06 bits per heavy atom. The molecule has 3 N–H and O–H groups in total. The molecule has 88 valence electrons. The summed E-state index contributed by atoms with van der Waals surface area (Å²) in [5, 5.41) is 15.6. The lowest BCUT2D eigenvalue weighted by Gasteiger charge is -1.99. The van der Waals surface area contributed by atoms with Gasteiger partial charge >= 0.3 is 0 Å². The third kappa shape index (κ3) is 2.84. The normalized spacial score (nSPS) is 11.6. The number of aryl methyl sites for hydroxylation is 1. The van der Waals surface area contributed by atoms with Crippen LogP contribution in [0.3, 0.4) is 0 Å². The van der Waals surface area contributed by atoms with Crippen molar-refractivity contribution >= 4 is 5.84 Å². The van der Waals surface area contributed by atoms with Gasteiger partial charge in [0.15, 0.2) is 0 Å². The highest BCUT2D eigenvalue weighted by Gasteiger charge is 2.01. The SMILES string of the molecule is N/C(CCn1cc(-c2ccccc2)cn1)=N\O. The van der Waals surface area contributed by atoms with Gasteiger partial charge in [-0.25, -0.2) is 0 Å². The van der Waals surface area contributed by atoms with E-state index in [4.69, 9.17) is 10.9 Å². The Morgan fingerprint density at radius 1 is 1.29 bits per heavy atom. The van der Waals surface area contributed by atoms with Crippen molar-refractivity contribution in [1.29, 1.82) is 0 Å². The predicted molar refractivity (Wildman–Crippen MR) is 65.7 cm³/mol. The fourth-order valence-corrected chi connectivity index (χ4v) is 1.54. The van der Waals surface area contributed by atoms with Gasteiger partial charge in [-0.15, -0.1) is 0 Å². The average molecular weight is 230 g/mol. The minimum Gasteiger partial charge on any atom is -0.409 e. The fourth-order valence-electron chi connectivity index (χ4n) is 1.54. The number of nitrogens with two attached hydrogens (primary N) is 1. The number of oxime groups is 1. The van der Waals surface area contributed by atoms with E-state index in [0.717, 1.165) is 11.1 Å². The number of hydrogen-bond acceptors (Lipinski definition) is 3. The molecule has 0 spiro atoms. The first kappa shape index (κ1) is 11.2. The summed E-state index contributed by atoms with van der Waals surface area (Å²) in [5.41, 5.74) is 7.59. The van der Waals surface area contributed by atoms with Crippen molar-refractivity contribution in [3.8, 4) is 11.1 Å². The maximum atomic E-state index is 8.43. The summed E-state index contributed by atoms with van der Waals surface area (Å²) in [6.45, 7) is 0.600. The van der Waals surface area contributed by atoms with Crippen LogP contribution in [0.25, 0.3) is 11.1 Å². The summed E-state index contributed by atoms with van der Waals surface area (Å²) in [7, 11) is 0. The van der Waals surface area contributed by atoms with Crippen molar-refractivity contribution in [2.24, 2.45) is 10.9 Å². The molecule has 0 fully saturated rings. The van der Waals surface area contributed by atoms with Gasteiger partial charge in [-0.3, -0.25) is 4.68 Å². The predicted octanol–water partition coefficient (Wildman–Crippen LogP) is 1.69. The van der Waals surface area contributed by atoms with E-state index in [-0.39, 0.29) is 5.84 Å². The Labute approximate surface area is 99.2 Å². The molecule has 1 aromatic heterocycles. The molecular formula is C12H14N4O. The molecular weight excluding hydrogens is 216 g/mol.